The van der Waals surface area contributed by atoms with Crippen molar-refractivity contribution in [2.24, 2.45) is 5.73 Å². The van der Waals surface area contributed by atoms with Crippen molar-refractivity contribution in [1.29, 1.82) is 0 Å². The van der Waals surface area contributed by atoms with E-state index in [1.54, 1.807) is 18.3 Å². The smallest absolute Gasteiger partial charge is 0.266 e. The zero-order chi connectivity index (χ0) is 18.0. The molecular formula is C17H20FN5O2. The van der Waals surface area contributed by atoms with Crippen LogP contribution in [-0.4, -0.2) is 45.2 Å². The summed E-state index contributed by atoms with van der Waals surface area (Å²) in [6, 6.07) is 6.28. The highest BCUT2D eigenvalue weighted by Gasteiger charge is 2.25. The number of benzene rings is 1. The Hall–Kier alpha value is -2.58. The molecule has 1 aromatic heterocycles. The van der Waals surface area contributed by atoms with Gasteiger partial charge in [-0.2, -0.15) is 0 Å². The first kappa shape index (κ1) is 17.2. The minimum atomic E-state index is -1.51. The first-order valence-electron chi connectivity index (χ1n) is 8.10. The Bertz CT molecular complexity index is 783. The molecule has 8 heteroatoms. The van der Waals surface area contributed by atoms with Crippen LogP contribution >= 0.6 is 0 Å². The van der Waals surface area contributed by atoms with Crippen LogP contribution < -0.4 is 10.6 Å². The standard InChI is InChI=1S/C17H20FN5O2/c1-2-23(13-5-3-4-12(18)8-13)17-20-9-11-10-22(16(25)15(19)24)7-6-14(11)21-17/h3-5,8-9,15,24H,2,6-7,10,19H2,1H3. The lowest BCUT2D eigenvalue weighted by atomic mass is 10.1. The third-order valence-corrected chi connectivity index (χ3v) is 4.16. The Labute approximate surface area is 144 Å². The predicted octanol–water partition coefficient (Wildman–Crippen LogP) is 0.935. The molecule has 3 N–H and O–H groups in total. The molecule has 2 heterocycles. The number of halogens is 1. The van der Waals surface area contributed by atoms with Gasteiger partial charge in [0.15, 0.2) is 6.23 Å². The summed E-state index contributed by atoms with van der Waals surface area (Å²) in [5.74, 6) is -0.335. The number of fused-ring (bicyclic) bond motifs is 1. The molecule has 0 spiro atoms. The van der Waals surface area contributed by atoms with Crippen LogP contribution in [0.4, 0.5) is 16.0 Å². The van der Waals surface area contributed by atoms with Gasteiger partial charge in [0.2, 0.25) is 5.95 Å². The fourth-order valence-corrected chi connectivity index (χ4v) is 2.89. The molecule has 3 rings (SSSR count). The minimum Gasteiger partial charge on any atom is -0.370 e. The van der Waals surface area contributed by atoms with Gasteiger partial charge in [-0.05, 0) is 25.1 Å². The fraction of sp³-hybridized carbons (Fsp3) is 0.353. The molecule has 1 aromatic carbocycles. The molecule has 0 fully saturated rings. The van der Waals surface area contributed by atoms with Crippen LogP contribution in [0.3, 0.4) is 0 Å². The Morgan fingerprint density at radius 2 is 2.32 bits per heavy atom. The quantitative estimate of drug-likeness (QED) is 0.801. The van der Waals surface area contributed by atoms with Crippen LogP contribution in [0.2, 0.25) is 0 Å². The van der Waals surface area contributed by atoms with Crippen molar-refractivity contribution in [3.05, 3.63) is 47.5 Å². The number of carbonyl (C=O) groups excluding carboxylic acids is 1. The highest BCUT2D eigenvalue weighted by molar-refractivity contribution is 5.80. The van der Waals surface area contributed by atoms with Crippen LogP contribution in [-0.2, 0) is 17.8 Å². The number of nitrogens with zero attached hydrogens (tertiary/aromatic N) is 4. The first-order valence-corrected chi connectivity index (χ1v) is 8.10. The zero-order valence-corrected chi connectivity index (χ0v) is 13.9. The summed E-state index contributed by atoms with van der Waals surface area (Å²) < 4.78 is 13.5. The number of aliphatic hydroxyl groups excluding tert-OH is 1. The van der Waals surface area contributed by atoms with Gasteiger partial charge in [0, 0.05) is 43.5 Å². The minimum absolute atomic E-state index is 0.314. The van der Waals surface area contributed by atoms with Gasteiger partial charge in [-0.15, -0.1) is 0 Å². The van der Waals surface area contributed by atoms with Crippen molar-refractivity contribution in [3.63, 3.8) is 0 Å². The number of aliphatic hydroxyl groups is 1. The van der Waals surface area contributed by atoms with Gasteiger partial charge >= 0.3 is 0 Å². The summed E-state index contributed by atoms with van der Waals surface area (Å²) in [6.45, 7) is 3.28. The van der Waals surface area contributed by atoms with E-state index < -0.39 is 12.1 Å². The number of hydrogen-bond donors (Lipinski definition) is 2. The molecule has 25 heavy (non-hydrogen) atoms. The molecule has 132 valence electrons. The molecular weight excluding hydrogens is 325 g/mol. The van der Waals surface area contributed by atoms with E-state index in [4.69, 9.17) is 5.73 Å². The third-order valence-electron chi connectivity index (χ3n) is 4.16. The van der Waals surface area contributed by atoms with E-state index in [1.165, 1.54) is 17.0 Å². The van der Waals surface area contributed by atoms with E-state index in [9.17, 15) is 14.3 Å². The van der Waals surface area contributed by atoms with Crippen LogP contribution in [0.15, 0.2) is 30.5 Å². The van der Waals surface area contributed by atoms with Crippen LogP contribution in [0, 0.1) is 5.82 Å². The lowest BCUT2D eigenvalue weighted by Gasteiger charge is -2.30. The number of carbonyl (C=O) groups is 1. The largest absolute Gasteiger partial charge is 0.370 e. The summed E-state index contributed by atoms with van der Waals surface area (Å²) in [4.78, 5) is 24.1. The molecule has 0 saturated heterocycles. The van der Waals surface area contributed by atoms with Gasteiger partial charge in [-0.25, -0.2) is 14.4 Å². The Morgan fingerprint density at radius 1 is 1.52 bits per heavy atom. The molecule has 0 saturated carbocycles. The number of hydrogen-bond acceptors (Lipinski definition) is 6. The molecule has 0 bridgehead atoms. The molecule has 1 amide bonds. The summed E-state index contributed by atoms with van der Waals surface area (Å²) in [5.41, 5.74) is 7.58. The molecule has 1 unspecified atom stereocenters. The molecule has 1 aliphatic heterocycles. The van der Waals surface area contributed by atoms with Gasteiger partial charge in [0.05, 0.1) is 5.69 Å². The van der Waals surface area contributed by atoms with Crippen molar-refractivity contribution >= 4 is 17.5 Å². The van der Waals surface area contributed by atoms with Gasteiger partial charge in [0.25, 0.3) is 5.91 Å². The zero-order valence-electron chi connectivity index (χ0n) is 13.9. The van der Waals surface area contributed by atoms with Crippen LogP contribution in [0.25, 0.3) is 0 Å². The van der Waals surface area contributed by atoms with E-state index in [1.807, 2.05) is 11.8 Å². The van der Waals surface area contributed by atoms with E-state index >= 15 is 0 Å². The monoisotopic (exact) mass is 345 g/mol. The maximum absolute atomic E-state index is 13.5. The average molecular weight is 345 g/mol. The number of amides is 1. The number of anilines is 2. The molecule has 7 nitrogen and oxygen atoms in total. The second-order valence-electron chi connectivity index (χ2n) is 5.82. The lowest BCUT2D eigenvalue weighted by Crippen LogP contribution is -2.45. The average Bonchev–Trinajstić information content (AvgIpc) is 2.61. The first-order chi connectivity index (χ1) is 12.0. The number of aromatic nitrogens is 2. The van der Waals surface area contributed by atoms with Crippen molar-refractivity contribution in [2.45, 2.75) is 26.1 Å². The highest BCUT2D eigenvalue weighted by Crippen LogP contribution is 2.25. The maximum atomic E-state index is 13.5. The molecule has 1 atom stereocenters. The molecule has 2 aromatic rings. The molecule has 0 aliphatic carbocycles. The second kappa shape index (κ2) is 7.12. The lowest BCUT2D eigenvalue weighted by molar-refractivity contribution is -0.140. The summed E-state index contributed by atoms with van der Waals surface area (Å²) in [6.07, 6.45) is 0.705. The fourth-order valence-electron chi connectivity index (χ4n) is 2.89. The van der Waals surface area contributed by atoms with Gasteiger partial charge in [-0.1, -0.05) is 6.07 Å². The predicted molar refractivity (Wildman–Crippen MR) is 90.4 cm³/mol. The summed E-state index contributed by atoms with van der Waals surface area (Å²) >= 11 is 0. The molecule has 0 radical (unpaired) electrons. The van der Waals surface area contributed by atoms with Crippen molar-refractivity contribution in [2.75, 3.05) is 18.0 Å². The third kappa shape index (κ3) is 3.59. The normalized spacial score (nSPS) is 14.8. The van der Waals surface area contributed by atoms with Gasteiger partial charge < -0.3 is 14.9 Å². The van der Waals surface area contributed by atoms with Crippen molar-refractivity contribution < 1.29 is 14.3 Å². The summed E-state index contributed by atoms with van der Waals surface area (Å²) in [7, 11) is 0. The Morgan fingerprint density at radius 3 is 3.00 bits per heavy atom. The van der Waals surface area contributed by atoms with Crippen molar-refractivity contribution in [1.82, 2.24) is 14.9 Å². The van der Waals surface area contributed by atoms with Crippen LogP contribution in [0.5, 0.6) is 0 Å². The van der Waals surface area contributed by atoms with E-state index in [-0.39, 0.29) is 5.82 Å². The maximum Gasteiger partial charge on any atom is 0.266 e. The van der Waals surface area contributed by atoms with E-state index in [0.717, 1.165) is 11.3 Å². The molecule has 1 aliphatic rings. The van der Waals surface area contributed by atoms with E-state index in [0.29, 0.717) is 37.7 Å². The summed E-state index contributed by atoms with van der Waals surface area (Å²) in [5, 5.41) is 9.24. The Kier molecular flexibility index (Phi) is 4.91. The Balaban J connectivity index is 1.85. The van der Waals surface area contributed by atoms with E-state index in [2.05, 4.69) is 9.97 Å². The topological polar surface area (TPSA) is 95.6 Å². The van der Waals surface area contributed by atoms with Gasteiger partial charge in [-0.3, -0.25) is 10.5 Å². The SMILES string of the molecule is CCN(c1cccc(F)c1)c1ncc2c(n1)CCN(C(=O)C(N)O)C2. The van der Waals surface area contributed by atoms with Crippen LogP contribution in [0.1, 0.15) is 18.2 Å². The number of rotatable bonds is 4. The second-order valence-corrected chi connectivity index (χ2v) is 5.82. The van der Waals surface area contributed by atoms with Gasteiger partial charge in [0.1, 0.15) is 5.82 Å². The van der Waals surface area contributed by atoms with Crippen molar-refractivity contribution in [3.8, 4) is 0 Å². The highest BCUT2D eigenvalue weighted by atomic mass is 19.1. The number of nitrogens with two attached hydrogens (primary N) is 1.